The maximum Gasteiger partial charge on any atom is 0.264 e. The van der Waals surface area contributed by atoms with Gasteiger partial charge in [0.2, 0.25) is 11.8 Å². The number of amides is 2. The molecule has 0 aromatic heterocycles. The molecule has 0 spiro atoms. The van der Waals surface area contributed by atoms with E-state index in [0.29, 0.717) is 17.0 Å². The summed E-state index contributed by atoms with van der Waals surface area (Å²) in [7, 11) is -4.20. The number of carbonyl (C=O) groups excluding carboxylic acids is 2. The lowest BCUT2D eigenvalue weighted by molar-refractivity contribution is -0.140. The largest absolute Gasteiger partial charge is 0.352 e. The van der Waals surface area contributed by atoms with Crippen LogP contribution in [0.5, 0.6) is 0 Å². The fraction of sp³-hybridized carbons (Fsp3) is 0.375. The van der Waals surface area contributed by atoms with Gasteiger partial charge in [0.25, 0.3) is 10.0 Å². The molecule has 0 unspecified atom stereocenters. The topological polar surface area (TPSA) is 86.8 Å². The van der Waals surface area contributed by atoms with Crippen molar-refractivity contribution < 1.29 is 18.0 Å². The Morgan fingerprint density at radius 1 is 0.905 bits per heavy atom. The van der Waals surface area contributed by atoms with E-state index in [9.17, 15) is 18.0 Å². The number of rotatable bonds is 11. The van der Waals surface area contributed by atoms with Crippen LogP contribution in [0.15, 0.2) is 77.7 Å². The molecule has 3 aromatic carbocycles. The molecule has 42 heavy (non-hydrogen) atoms. The maximum atomic E-state index is 14.2. The highest BCUT2D eigenvalue weighted by Gasteiger charge is 2.35. The van der Waals surface area contributed by atoms with E-state index in [2.05, 4.69) is 5.32 Å². The summed E-state index contributed by atoms with van der Waals surface area (Å²) in [5.74, 6) is -0.799. The van der Waals surface area contributed by atoms with Crippen LogP contribution in [0.25, 0.3) is 0 Å². The van der Waals surface area contributed by atoms with Gasteiger partial charge < -0.3 is 10.2 Å². The van der Waals surface area contributed by atoms with Crippen molar-refractivity contribution in [3.63, 3.8) is 0 Å². The Hall–Kier alpha value is -3.07. The Morgan fingerprint density at radius 3 is 2.14 bits per heavy atom. The lowest BCUT2D eigenvalue weighted by atomic mass is 9.95. The quantitative estimate of drug-likeness (QED) is 0.254. The van der Waals surface area contributed by atoms with E-state index in [1.165, 1.54) is 17.0 Å². The van der Waals surface area contributed by atoms with Crippen molar-refractivity contribution in [1.29, 1.82) is 0 Å². The first-order chi connectivity index (χ1) is 20.1. The molecule has 3 aromatic rings. The number of anilines is 1. The van der Waals surface area contributed by atoms with Gasteiger partial charge in [0.1, 0.15) is 12.6 Å². The molecule has 1 aliphatic rings. The van der Waals surface area contributed by atoms with Gasteiger partial charge in [0, 0.05) is 17.6 Å². The van der Waals surface area contributed by atoms with E-state index in [4.69, 9.17) is 23.2 Å². The molecule has 10 heteroatoms. The summed E-state index contributed by atoms with van der Waals surface area (Å²) in [6, 6.07) is 19.3. The molecule has 1 saturated carbocycles. The third kappa shape index (κ3) is 7.65. The molecule has 1 N–H and O–H groups in total. The summed E-state index contributed by atoms with van der Waals surface area (Å²) in [5.41, 5.74) is 1.72. The van der Waals surface area contributed by atoms with E-state index < -0.39 is 28.5 Å². The molecule has 0 aliphatic heterocycles. The van der Waals surface area contributed by atoms with Crippen LogP contribution in [0.3, 0.4) is 0 Å². The zero-order valence-corrected chi connectivity index (χ0v) is 26.3. The van der Waals surface area contributed by atoms with E-state index in [-0.39, 0.29) is 34.1 Å². The van der Waals surface area contributed by atoms with Gasteiger partial charge in [-0.15, -0.1) is 0 Å². The standard InChI is InChI=1S/C32H37Cl2N3O4S/c1-3-29(32(39)35-25-12-5-4-6-13-25)36(21-24-11-7-8-14-27(24)33)31(38)22-37(30-16-10-9-15-28(30)34)42(40,41)26-19-17-23(2)18-20-26/h7-11,14-20,25,29H,3-6,12-13,21-22H2,1-2H3,(H,35,39)/t29-/m0/s1. The number of carbonyl (C=O) groups is 2. The fourth-order valence-electron chi connectivity index (χ4n) is 5.28. The van der Waals surface area contributed by atoms with Crippen LogP contribution in [0.4, 0.5) is 5.69 Å². The SMILES string of the molecule is CC[C@@H](C(=O)NC1CCCCC1)N(Cc1ccccc1Cl)C(=O)CN(c1ccccc1Cl)S(=O)(=O)c1ccc(C)cc1. The number of sulfonamides is 1. The highest BCUT2D eigenvalue weighted by Crippen LogP contribution is 2.31. The van der Waals surface area contributed by atoms with Crippen LogP contribution >= 0.6 is 23.2 Å². The van der Waals surface area contributed by atoms with Gasteiger partial charge in [-0.1, -0.05) is 97.4 Å². The summed E-state index contributed by atoms with van der Waals surface area (Å²) in [5, 5.41) is 3.78. The molecule has 0 radical (unpaired) electrons. The van der Waals surface area contributed by atoms with Gasteiger partial charge >= 0.3 is 0 Å². The third-order valence-corrected chi connectivity index (χ3v) is 10.1. The Bertz CT molecular complexity index is 1490. The monoisotopic (exact) mass is 629 g/mol. The van der Waals surface area contributed by atoms with Crippen molar-refractivity contribution in [3.8, 4) is 0 Å². The first-order valence-electron chi connectivity index (χ1n) is 14.3. The van der Waals surface area contributed by atoms with Crippen molar-refractivity contribution in [2.45, 2.75) is 75.9 Å². The predicted molar refractivity (Wildman–Crippen MR) is 168 cm³/mol. The van der Waals surface area contributed by atoms with E-state index in [1.807, 2.05) is 19.9 Å². The molecule has 0 bridgehead atoms. The number of nitrogens with zero attached hydrogens (tertiary/aromatic N) is 2. The van der Waals surface area contributed by atoms with Gasteiger partial charge in [0.05, 0.1) is 15.6 Å². The Balaban J connectivity index is 1.72. The average molecular weight is 631 g/mol. The van der Waals surface area contributed by atoms with E-state index in [0.717, 1.165) is 42.0 Å². The summed E-state index contributed by atoms with van der Waals surface area (Å²) in [6.45, 7) is 3.18. The summed E-state index contributed by atoms with van der Waals surface area (Å²) >= 11 is 13.0. The minimum Gasteiger partial charge on any atom is -0.352 e. The summed E-state index contributed by atoms with van der Waals surface area (Å²) < 4.78 is 29.0. The van der Waals surface area contributed by atoms with Gasteiger partial charge in [0.15, 0.2) is 0 Å². The maximum absolute atomic E-state index is 14.2. The third-order valence-electron chi connectivity index (χ3n) is 7.64. The number of hydrogen-bond donors (Lipinski definition) is 1. The van der Waals surface area contributed by atoms with Crippen LogP contribution in [-0.2, 0) is 26.2 Å². The molecular weight excluding hydrogens is 593 g/mol. The Labute approximate surface area is 258 Å². The van der Waals surface area contributed by atoms with Crippen LogP contribution < -0.4 is 9.62 Å². The van der Waals surface area contributed by atoms with Gasteiger partial charge in [-0.2, -0.15) is 0 Å². The first-order valence-corrected chi connectivity index (χ1v) is 16.5. The van der Waals surface area contributed by atoms with E-state index in [1.54, 1.807) is 54.6 Å². The van der Waals surface area contributed by atoms with Crippen molar-refractivity contribution in [3.05, 3.63) is 94.0 Å². The van der Waals surface area contributed by atoms with Gasteiger partial charge in [-0.05, 0) is 62.1 Å². The van der Waals surface area contributed by atoms with Crippen LogP contribution in [0.1, 0.15) is 56.6 Å². The molecule has 224 valence electrons. The number of hydrogen-bond acceptors (Lipinski definition) is 4. The predicted octanol–water partition coefficient (Wildman–Crippen LogP) is 6.75. The van der Waals surface area contributed by atoms with Gasteiger partial charge in [-0.25, -0.2) is 8.42 Å². The lowest BCUT2D eigenvalue weighted by Gasteiger charge is -2.34. The molecule has 0 heterocycles. The molecule has 7 nitrogen and oxygen atoms in total. The first kappa shape index (κ1) is 31.9. The number of benzene rings is 3. The Kier molecular flexibility index (Phi) is 10.9. The van der Waals surface area contributed by atoms with Crippen LogP contribution in [-0.4, -0.2) is 43.8 Å². The second kappa shape index (κ2) is 14.4. The fourth-order valence-corrected chi connectivity index (χ4v) is 7.20. The van der Waals surface area contributed by atoms with E-state index >= 15 is 0 Å². The molecule has 1 atom stereocenters. The van der Waals surface area contributed by atoms with Crippen LogP contribution in [0, 0.1) is 6.92 Å². The number of para-hydroxylation sites is 1. The van der Waals surface area contributed by atoms with Crippen molar-refractivity contribution in [2.24, 2.45) is 0 Å². The van der Waals surface area contributed by atoms with Crippen molar-refractivity contribution in [1.82, 2.24) is 10.2 Å². The Morgan fingerprint density at radius 2 is 1.52 bits per heavy atom. The highest BCUT2D eigenvalue weighted by atomic mass is 35.5. The summed E-state index contributed by atoms with van der Waals surface area (Å²) in [6.07, 6.45) is 5.38. The van der Waals surface area contributed by atoms with Crippen molar-refractivity contribution >= 4 is 50.7 Å². The molecule has 0 saturated heterocycles. The number of aryl methyl sites for hydroxylation is 1. The lowest BCUT2D eigenvalue weighted by Crippen LogP contribution is -2.54. The minimum absolute atomic E-state index is 0.0283. The smallest absolute Gasteiger partial charge is 0.264 e. The second-order valence-corrected chi connectivity index (χ2v) is 13.3. The number of halogens is 2. The summed E-state index contributed by atoms with van der Waals surface area (Å²) in [4.78, 5) is 29.3. The normalized spacial score (nSPS) is 14.7. The van der Waals surface area contributed by atoms with Crippen LogP contribution in [0.2, 0.25) is 10.0 Å². The minimum atomic E-state index is -4.20. The molecular formula is C32H37Cl2N3O4S. The highest BCUT2D eigenvalue weighted by molar-refractivity contribution is 7.92. The second-order valence-electron chi connectivity index (χ2n) is 10.7. The van der Waals surface area contributed by atoms with Crippen molar-refractivity contribution in [2.75, 3.05) is 10.8 Å². The molecule has 4 rings (SSSR count). The number of nitrogens with one attached hydrogen (secondary N) is 1. The zero-order chi connectivity index (χ0) is 30.3. The molecule has 1 fully saturated rings. The molecule has 2 amide bonds. The zero-order valence-electron chi connectivity index (χ0n) is 23.9. The van der Waals surface area contributed by atoms with Gasteiger partial charge in [-0.3, -0.25) is 13.9 Å². The average Bonchev–Trinajstić information content (AvgIpc) is 2.98. The molecule has 1 aliphatic carbocycles.